The van der Waals surface area contributed by atoms with Gasteiger partial charge in [-0.3, -0.25) is 53.3 Å². The number of hydrogen-bond acceptors (Lipinski definition) is 17. The number of carbonyl (C=O) groups excluding carboxylic acids is 8. The number of rotatable bonds is 8. The molecule has 59 heavy (non-hydrogen) atoms. The summed E-state index contributed by atoms with van der Waals surface area (Å²) in [4.78, 5) is 128. The van der Waals surface area contributed by atoms with E-state index >= 15 is 0 Å². The van der Waals surface area contributed by atoms with E-state index in [1.54, 1.807) is 0 Å². The van der Waals surface area contributed by atoms with Crippen LogP contribution in [0.1, 0.15) is 24.8 Å². The van der Waals surface area contributed by atoms with Gasteiger partial charge in [0.25, 0.3) is 0 Å². The quantitative estimate of drug-likeness (QED) is 0.0657. The number of benzene rings is 1. The molecule has 8 amide bonds. The number of phenols is 1. The summed E-state index contributed by atoms with van der Waals surface area (Å²) >= 11 is 0. The van der Waals surface area contributed by atoms with E-state index in [9.17, 15) is 73.7 Å². The number of carboxylic acids is 1. The molecule has 0 aliphatic carbocycles. The Morgan fingerprint density at radius 1 is 0.881 bits per heavy atom. The molecule has 0 spiro atoms. The van der Waals surface area contributed by atoms with Gasteiger partial charge in [0.15, 0.2) is 5.75 Å². The Morgan fingerprint density at radius 3 is 2.17 bits per heavy atom. The van der Waals surface area contributed by atoms with Crippen molar-refractivity contribution in [1.29, 1.82) is 0 Å². The van der Waals surface area contributed by atoms with Crippen LogP contribution in [0.2, 0.25) is 0 Å². The number of aliphatic carboxylic acids is 1. The minimum absolute atomic E-state index is 0.0464. The first-order valence-electron chi connectivity index (χ1n) is 17.6. The standard InChI is InChI=1S/C32H44N10O15S2/c33-16-12-58-59-13-20(27(34)50)40-31(54)17(3-4-43)38-32(55)22-7-15(44)11-41(22)25(47)10-36-29(52)18(5-14-1-2-23(45)21(6-14)42(56)57)37-24(46)9-35-30(53)19(8-26(48)49)39-28(16)51/h1-2,6,15-20,22,43-45H,3-5,7-13,33H2,(H2,34,50)(H,35,53)(H,36,52)(H,37,46)(H,38,55)(H,39,51)(H,40,54)(H,48,49)/t15-,16+,17+,18+,19-,20+,22+/m1/s1. The number of carbonyl (C=O) groups is 9. The van der Waals surface area contributed by atoms with E-state index in [0.717, 1.165) is 38.6 Å². The van der Waals surface area contributed by atoms with E-state index in [2.05, 4.69) is 31.9 Å². The van der Waals surface area contributed by atoms with Gasteiger partial charge in [0.05, 0.1) is 36.6 Å². The second kappa shape index (κ2) is 22.4. The summed E-state index contributed by atoms with van der Waals surface area (Å²) in [7, 11) is 1.89. The first-order chi connectivity index (χ1) is 27.8. The Labute approximate surface area is 342 Å². The average Bonchev–Trinajstić information content (AvgIpc) is 3.57. The third-order valence-corrected chi connectivity index (χ3v) is 11.1. The van der Waals surface area contributed by atoms with Crippen LogP contribution in [-0.2, 0) is 49.6 Å². The van der Waals surface area contributed by atoms with Crippen molar-refractivity contribution in [3.8, 4) is 5.75 Å². The Morgan fingerprint density at radius 2 is 1.53 bits per heavy atom. The number of aromatic hydroxyl groups is 1. The highest BCUT2D eigenvalue weighted by Gasteiger charge is 2.40. The molecule has 2 aliphatic rings. The van der Waals surface area contributed by atoms with Gasteiger partial charge in [0.1, 0.15) is 30.2 Å². The van der Waals surface area contributed by atoms with Crippen molar-refractivity contribution in [2.24, 2.45) is 11.5 Å². The molecule has 25 nitrogen and oxygen atoms in total. The number of carboxylic acid groups (broad SMARTS) is 1. The SMILES string of the molecule is NC(=O)[C@@H]1CSSC[C@H](N)C(=O)N[C@H](CC(=O)O)C(=O)NCC(=O)N[C@@H](Cc2ccc(O)c([N+](=O)[O-])c2)C(=O)NCC(=O)N2C[C@H](O)C[C@H]2C(=O)N[C@@H](CCO)C(=O)N1. The smallest absolute Gasteiger partial charge is 0.310 e. The lowest BCUT2D eigenvalue weighted by atomic mass is 10.0. The Balaban J connectivity index is 1.94. The van der Waals surface area contributed by atoms with Crippen LogP contribution in [0, 0.1) is 10.1 Å². The summed E-state index contributed by atoms with van der Waals surface area (Å²) in [5, 5.41) is 64.3. The monoisotopic (exact) mass is 872 g/mol. The molecular formula is C32H44N10O15S2. The molecule has 2 aliphatic heterocycles. The van der Waals surface area contributed by atoms with Crippen LogP contribution in [0.5, 0.6) is 5.75 Å². The number of fused-ring (bicyclic) bond motifs is 1. The molecular weight excluding hydrogens is 829 g/mol. The molecule has 1 aromatic carbocycles. The fourth-order valence-corrected chi connectivity index (χ4v) is 7.96. The molecule has 324 valence electrons. The number of nitrogens with zero attached hydrogens (tertiary/aromatic N) is 2. The lowest BCUT2D eigenvalue weighted by molar-refractivity contribution is -0.385. The number of nitrogens with one attached hydrogen (secondary N) is 6. The van der Waals surface area contributed by atoms with Gasteiger partial charge in [0, 0.05) is 43.6 Å². The predicted molar refractivity (Wildman–Crippen MR) is 204 cm³/mol. The summed E-state index contributed by atoms with van der Waals surface area (Å²) < 4.78 is 0. The molecule has 14 N–H and O–H groups in total. The van der Waals surface area contributed by atoms with Crippen molar-refractivity contribution in [3.63, 3.8) is 0 Å². The molecule has 2 fully saturated rings. The van der Waals surface area contributed by atoms with E-state index in [4.69, 9.17) is 11.5 Å². The van der Waals surface area contributed by atoms with Gasteiger partial charge >= 0.3 is 11.7 Å². The lowest BCUT2D eigenvalue weighted by Crippen LogP contribution is -2.57. The first-order valence-corrected chi connectivity index (χ1v) is 20.1. The van der Waals surface area contributed by atoms with Crippen LogP contribution in [0.25, 0.3) is 0 Å². The van der Waals surface area contributed by atoms with E-state index in [0.29, 0.717) is 0 Å². The number of aliphatic hydroxyl groups is 2. The van der Waals surface area contributed by atoms with E-state index in [-0.39, 0.29) is 36.5 Å². The van der Waals surface area contributed by atoms with Gasteiger partial charge < -0.3 is 68.7 Å². The third-order valence-electron chi connectivity index (χ3n) is 8.69. The fraction of sp³-hybridized carbons (Fsp3) is 0.531. The number of aliphatic hydroxyl groups excluding tert-OH is 2. The van der Waals surface area contributed by atoms with Gasteiger partial charge in [-0.25, -0.2) is 0 Å². The Hall–Kier alpha value is -5.77. The van der Waals surface area contributed by atoms with Gasteiger partial charge in [-0.05, 0) is 18.1 Å². The molecule has 3 rings (SSSR count). The number of nitrogens with two attached hydrogens (primary N) is 2. The van der Waals surface area contributed by atoms with Crippen LogP contribution in [0.15, 0.2) is 18.2 Å². The number of phenolic OH excluding ortho intramolecular Hbond substituents is 1. The normalized spacial score (nSPS) is 26.3. The van der Waals surface area contributed by atoms with Crippen molar-refractivity contribution in [1.82, 2.24) is 36.8 Å². The zero-order valence-corrected chi connectivity index (χ0v) is 32.6. The Bertz CT molecular complexity index is 1810. The maximum atomic E-state index is 13.5. The lowest BCUT2D eigenvalue weighted by Gasteiger charge is -2.27. The topological polar surface area (TPSA) is 405 Å². The fourth-order valence-electron chi connectivity index (χ4n) is 5.66. The van der Waals surface area contributed by atoms with Crippen LogP contribution in [-0.4, -0.2) is 164 Å². The van der Waals surface area contributed by atoms with Gasteiger partial charge in [-0.1, -0.05) is 27.7 Å². The van der Waals surface area contributed by atoms with Crippen LogP contribution < -0.4 is 43.4 Å². The summed E-state index contributed by atoms with van der Waals surface area (Å²) in [6.07, 6.45) is -3.30. The van der Waals surface area contributed by atoms with Crippen molar-refractivity contribution >= 4 is 80.5 Å². The minimum Gasteiger partial charge on any atom is -0.502 e. The second-order valence-corrected chi connectivity index (χ2v) is 15.7. The van der Waals surface area contributed by atoms with Crippen LogP contribution in [0.3, 0.4) is 0 Å². The molecule has 2 heterocycles. The van der Waals surface area contributed by atoms with Gasteiger partial charge in [-0.2, -0.15) is 0 Å². The van der Waals surface area contributed by atoms with E-state index < -0.39 is 144 Å². The van der Waals surface area contributed by atoms with Crippen molar-refractivity contribution in [2.75, 3.05) is 37.7 Å². The van der Waals surface area contributed by atoms with Gasteiger partial charge in [-0.15, -0.1) is 0 Å². The number of nitro benzene ring substituents is 1. The summed E-state index contributed by atoms with van der Waals surface area (Å²) in [5.74, 6) is -10.6. The highest BCUT2D eigenvalue weighted by molar-refractivity contribution is 8.76. The highest BCUT2D eigenvalue weighted by Crippen LogP contribution is 2.27. The summed E-state index contributed by atoms with van der Waals surface area (Å²) in [6, 6.07) is -5.81. The number of hydrogen-bond donors (Lipinski definition) is 12. The number of amides is 8. The van der Waals surface area contributed by atoms with Crippen LogP contribution >= 0.6 is 21.6 Å². The Kier molecular flexibility index (Phi) is 18.1. The molecule has 0 saturated carbocycles. The largest absolute Gasteiger partial charge is 0.502 e. The predicted octanol–water partition coefficient (Wildman–Crippen LogP) is -5.96. The third kappa shape index (κ3) is 14.5. The molecule has 0 radical (unpaired) electrons. The van der Waals surface area contributed by atoms with Crippen molar-refractivity contribution in [2.45, 2.75) is 68.0 Å². The molecule has 7 atom stereocenters. The molecule has 0 aromatic heterocycles. The minimum atomic E-state index is -1.74. The highest BCUT2D eigenvalue weighted by atomic mass is 33.1. The van der Waals surface area contributed by atoms with Gasteiger partial charge in [0.2, 0.25) is 47.3 Å². The second-order valence-electron chi connectivity index (χ2n) is 13.2. The summed E-state index contributed by atoms with van der Waals surface area (Å²) in [6.45, 7) is -2.72. The average molecular weight is 873 g/mol. The molecule has 0 bridgehead atoms. The molecule has 0 unspecified atom stereocenters. The molecule has 1 aromatic rings. The number of nitro groups is 1. The zero-order chi connectivity index (χ0) is 44.0. The van der Waals surface area contributed by atoms with Crippen molar-refractivity contribution < 1.29 is 68.5 Å². The molecule has 27 heteroatoms. The maximum Gasteiger partial charge on any atom is 0.310 e. The van der Waals surface area contributed by atoms with Crippen LogP contribution in [0.4, 0.5) is 5.69 Å². The van der Waals surface area contributed by atoms with E-state index in [1.807, 2.05) is 0 Å². The molecule has 2 saturated heterocycles. The zero-order valence-electron chi connectivity index (χ0n) is 31.0. The number of primary amides is 1. The van der Waals surface area contributed by atoms with E-state index in [1.165, 1.54) is 6.07 Å². The maximum absolute atomic E-state index is 13.5. The first kappa shape index (κ1) is 47.6. The van der Waals surface area contributed by atoms with Crippen molar-refractivity contribution in [3.05, 3.63) is 33.9 Å². The summed E-state index contributed by atoms with van der Waals surface area (Å²) in [5.41, 5.74) is 10.7.